The zero-order valence-corrected chi connectivity index (χ0v) is 14.8. The first-order valence-electron chi connectivity index (χ1n) is 7.07. The van der Waals surface area contributed by atoms with E-state index >= 15 is 0 Å². The summed E-state index contributed by atoms with van der Waals surface area (Å²) in [5.41, 5.74) is 2.51. The Balaban J connectivity index is 1.90. The predicted octanol–water partition coefficient (Wildman–Crippen LogP) is 2.38. The van der Waals surface area contributed by atoms with E-state index in [9.17, 15) is 13.2 Å². The normalized spacial score (nSPS) is 11.4. The highest BCUT2D eigenvalue weighted by atomic mass is 32.2. The number of benzene rings is 1. The molecular weight excluding hydrogens is 334 g/mol. The molecule has 0 aliphatic heterocycles. The highest BCUT2D eigenvalue weighted by Crippen LogP contribution is 2.16. The first-order valence-corrected chi connectivity index (χ1v) is 9.43. The van der Waals surface area contributed by atoms with E-state index in [1.165, 1.54) is 11.3 Å². The molecule has 124 valence electrons. The van der Waals surface area contributed by atoms with Gasteiger partial charge in [0.2, 0.25) is 15.9 Å². The van der Waals surface area contributed by atoms with Gasteiger partial charge in [-0.3, -0.25) is 4.79 Å². The first kappa shape index (κ1) is 17.6. The van der Waals surface area contributed by atoms with Crippen molar-refractivity contribution in [3.63, 3.8) is 0 Å². The number of nitrogens with one attached hydrogen (secondary N) is 2. The molecule has 1 aromatic heterocycles. The van der Waals surface area contributed by atoms with Crippen LogP contribution in [-0.4, -0.2) is 25.9 Å². The van der Waals surface area contributed by atoms with Crippen molar-refractivity contribution in [2.24, 2.45) is 0 Å². The van der Waals surface area contributed by atoms with E-state index in [1.807, 2.05) is 25.3 Å². The summed E-state index contributed by atoms with van der Waals surface area (Å²) in [6.07, 6.45) is 0.0444. The Morgan fingerprint density at radius 1 is 1.26 bits per heavy atom. The number of hydrogen-bond acceptors (Lipinski definition) is 5. The van der Waals surface area contributed by atoms with Crippen molar-refractivity contribution in [2.75, 3.05) is 11.9 Å². The maximum atomic E-state index is 12.3. The molecule has 2 rings (SSSR count). The maximum Gasteiger partial charge on any atom is 0.240 e. The summed E-state index contributed by atoms with van der Waals surface area (Å²) in [7, 11) is -3.62. The fourth-order valence-corrected chi connectivity index (χ4v) is 4.03. The van der Waals surface area contributed by atoms with Gasteiger partial charge in [-0.1, -0.05) is 17.7 Å². The topological polar surface area (TPSA) is 88.2 Å². The Labute approximate surface area is 140 Å². The minimum Gasteiger partial charge on any atom is -0.302 e. The highest BCUT2D eigenvalue weighted by Gasteiger charge is 2.16. The van der Waals surface area contributed by atoms with E-state index in [2.05, 4.69) is 15.0 Å². The van der Waals surface area contributed by atoms with Crippen molar-refractivity contribution in [2.45, 2.75) is 32.1 Å². The van der Waals surface area contributed by atoms with Crippen LogP contribution in [0.15, 0.2) is 28.5 Å². The average Bonchev–Trinajstić information content (AvgIpc) is 2.83. The molecular formula is C15H19N3O3S2. The summed E-state index contributed by atoms with van der Waals surface area (Å²) in [6, 6.07) is 5.14. The molecule has 1 amide bonds. The Bertz CT molecular complexity index is 813. The smallest absolute Gasteiger partial charge is 0.240 e. The number of hydrogen-bond donors (Lipinski definition) is 2. The fraction of sp³-hybridized carbons (Fsp3) is 0.333. The van der Waals surface area contributed by atoms with Crippen LogP contribution in [0, 0.1) is 20.8 Å². The van der Waals surface area contributed by atoms with E-state index in [0.29, 0.717) is 10.7 Å². The number of aromatic nitrogens is 1. The highest BCUT2D eigenvalue weighted by molar-refractivity contribution is 7.89. The third-order valence-corrected chi connectivity index (χ3v) is 5.63. The second kappa shape index (κ2) is 7.20. The largest absolute Gasteiger partial charge is 0.302 e. The lowest BCUT2D eigenvalue weighted by Gasteiger charge is -2.09. The Kier molecular flexibility index (Phi) is 5.51. The Morgan fingerprint density at radius 2 is 2.00 bits per heavy atom. The fourth-order valence-electron chi connectivity index (χ4n) is 2.07. The van der Waals surface area contributed by atoms with E-state index in [0.717, 1.165) is 11.3 Å². The van der Waals surface area contributed by atoms with Crippen molar-refractivity contribution in [1.29, 1.82) is 0 Å². The molecule has 23 heavy (non-hydrogen) atoms. The standard InChI is InChI=1S/C15H19N3O3S2/c1-10-4-5-13(11(2)8-10)23(20,21)16-7-6-14(19)18-15-17-12(3)9-22-15/h4-5,8-9,16H,6-7H2,1-3H3,(H,17,18,19). The van der Waals surface area contributed by atoms with Crippen LogP contribution >= 0.6 is 11.3 Å². The van der Waals surface area contributed by atoms with Gasteiger partial charge in [0.25, 0.3) is 0 Å². The molecule has 0 unspecified atom stereocenters. The third kappa shape index (κ3) is 4.85. The summed E-state index contributed by atoms with van der Waals surface area (Å²) < 4.78 is 27.0. The van der Waals surface area contributed by atoms with Crippen molar-refractivity contribution >= 4 is 32.4 Å². The first-order chi connectivity index (χ1) is 10.8. The summed E-state index contributed by atoms with van der Waals surface area (Å²) >= 11 is 1.34. The number of aryl methyl sites for hydroxylation is 3. The van der Waals surface area contributed by atoms with Gasteiger partial charge >= 0.3 is 0 Å². The minimum atomic E-state index is -3.62. The van der Waals surface area contributed by atoms with E-state index < -0.39 is 10.0 Å². The molecule has 2 aromatic rings. The van der Waals surface area contributed by atoms with Crippen LogP contribution < -0.4 is 10.0 Å². The summed E-state index contributed by atoms with van der Waals surface area (Å²) in [5, 5.41) is 4.99. The van der Waals surface area contributed by atoms with E-state index in [4.69, 9.17) is 0 Å². The van der Waals surface area contributed by atoms with Crippen molar-refractivity contribution in [3.8, 4) is 0 Å². The molecule has 1 heterocycles. The van der Waals surface area contributed by atoms with Crippen LogP contribution in [0.2, 0.25) is 0 Å². The maximum absolute atomic E-state index is 12.3. The van der Waals surface area contributed by atoms with Crippen molar-refractivity contribution in [1.82, 2.24) is 9.71 Å². The average molecular weight is 353 g/mol. The van der Waals surface area contributed by atoms with Crippen molar-refractivity contribution < 1.29 is 13.2 Å². The molecule has 0 aliphatic carbocycles. The SMILES string of the molecule is Cc1ccc(S(=O)(=O)NCCC(=O)Nc2nc(C)cs2)c(C)c1. The van der Waals surface area contributed by atoms with E-state index in [-0.39, 0.29) is 23.8 Å². The lowest BCUT2D eigenvalue weighted by Crippen LogP contribution is -2.28. The Morgan fingerprint density at radius 3 is 2.61 bits per heavy atom. The van der Waals surface area contributed by atoms with Crippen LogP contribution in [0.3, 0.4) is 0 Å². The number of thiazole rings is 1. The molecule has 0 aliphatic rings. The quantitative estimate of drug-likeness (QED) is 0.834. The van der Waals surface area contributed by atoms with Gasteiger partial charge in [-0.15, -0.1) is 11.3 Å². The summed E-state index contributed by atoms with van der Waals surface area (Å²) in [6.45, 7) is 5.52. The lowest BCUT2D eigenvalue weighted by molar-refractivity contribution is -0.116. The van der Waals surface area contributed by atoms with Gasteiger partial charge in [0.05, 0.1) is 10.6 Å². The molecule has 8 heteroatoms. The van der Waals surface area contributed by atoms with Crippen LogP contribution in [-0.2, 0) is 14.8 Å². The van der Waals surface area contributed by atoms with Gasteiger partial charge in [-0.2, -0.15) is 0 Å². The summed E-state index contributed by atoms with van der Waals surface area (Å²) in [4.78, 5) is 16.1. The van der Waals surface area contributed by atoms with Gasteiger partial charge in [-0.05, 0) is 32.4 Å². The second-order valence-corrected chi connectivity index (χ2v) is 7.85. The molecule has 6 nitrogen and oxygen atoms in total. The number of anilines is 1. The molecule has 0 saturated heterocycles. The Hall–Kier alpha value is -1.77. The third-order valence-electron chi connectivity index (χ3n) is 3.13. The van der Waals surface area contributed by atoms with Gasteiger partial charge < -0.3 is 5.32 Å². The minimum absolute atomic E-state index is 0.0336. The second-order valence-electron chi connectivity index (χ2n) is 5.26. The lowest BCUT2D eigenvalue weighted by atomic mass is 10.2. The van der Waals surface area contributed by atoms with Crippen LogP contribution in [0.1, 0.15) is 23.2 Å². The molecule has 0 spiro atoms. The molecule has 0 bridgehead atoms. The van der Waals surface area contributed by atoms with Crippen LogP contribution in [0.4, 0.5) is 5.13 Å². The number of amides is 1. The van der Waals surface area contributed by atoms with Gasteiger partial charge in [0.1, 0.15) is 0 Å². The predicted molar refractivity (Wildman–Crippen MR) is 91.2 cm³/mol. The van der Waals surface area contributed by atoms with Crippen LogP contribution in [0.25, 0.3) is 0 Å². The number of nitrogens with zero attached hydrogens (tertiary/aromatic N) is 1. The molecule has 1 aromatic carbocycles. The molecule has 0 saturated carbocycles. The number of carbonyl (C=O) groups is 1. The van der Waals surface area contributed by atoms with Crippen molar-refractivity contribution in [3.05, 3.63) is 40.4 Å². The number of carbonyl (C=O) groups excluding carboxylic acids is 1. The van der Waals surface area contributed by atoms with Gasteiger partial charge in [0.15, 0.2) is 5.13 Å². The monoisotopic (exact) mass is 353 g/mol. The number of rotatable bonds is 6. The zero-order valence-electron chi connectivity index (χ0n) is 13.2. The van der Waals surface area contributed by atoms with E-state index in [1.54, 1.807) is 19.1 Å². The number of sulfonamides is 1. The molecule has 2 N–H and O–H groups in total. The summed E-state index contributed by atoms with van der Waals surface area (Å²) in [5.74, 6) is -0.275. The van der Waals surface area contributed by atoms with Gasteiger partial charge in [-0.25, -0.2) is 18.1 Å². The zero-order chi connectivity index (χ0) is 17.0. The molecule has 0 radical (unpaired) electrons. The molecule has 0 fully saturated rings. The van der Waals surface area contributed by atoms with Gasteiger partial charge in [0, 0.05) is 18.3 Å². The molecule has 0 atom stereocenters. The van der Waals surface area contributed by atoms with Crippen LogP contribution in [0.5, 0.6) is 0 Å².